The number of benzene rings is 1. The summed E-state index contributed by atoms with van der Waals surface area (Å²) in [6.07, 6.45) is 1.28. The van der Waals surface area contributed by atoms with E-state index in [9.17, 15) is 0 Å². The first kappa shape index (κ1) is 12.0. The van der Waals surface area contributed by atoms with Crippen LogP contribution in [-0.2, 0) is 0 Å². The van der Waals surface area contributed by atoms with Gasteiger partial charge < -0.3 is 14.9 Å². The maximum absolute atomic E-state index is 6.06. The second kappa shape index (κ2) is 5.25. The monoisotopic (exact) mass is 251 g/mol. The number of furan rings is 1. The van der Waals surface area contributed by atoms with Crippen LogP contribution in [0.25, 0.3) is 0 Å². The average molecular weight is 252 g/mol. The van der Waals surface area contributed by atoms with Crippen molar-refractivity contribution < 1.29 is 9.15 Å². The smallest absolute Gasteiger partial charge is 0.168 e. The predicted molar refractivity (Wildman–Crippen MR) is 67.3 cm³/mol. The van der Waals surface area contributed by atoms with E-state index in [0.717, 1.165) is 5.56 Å². The van der Waals surface area contributed by atoms with Crippen molar-refractivity contribution in [1.29, 1.82) is 0 Å². The Kier molecular flexibility index (Phi) is 3.71. The summed E-state index contributed by atoms with van der Waals surface area (Å²) in [5.41, 5.74) is 6.75. The van der Waals surface area contributed by atoms with Crippen LogP contribution in [-0.4, -0.2) is 6.54 Å². The third-order valence-corrected chi connectivity index (χ3v) is 2.74. The van der Waals surface area contributed by atoms with Crippen molar-refractivity contribution in [3.63, 3.8) is 0 Å². The average Bonchev–Trinajstić information content (AvgIpc) is 2.84. The van der Waals surface area contributed by atoms with E-state index in [1.54, 1.807) is 12.3 Å². The summed E-state index contributed by atoms with van der Waals surface area (Å²) in [5.74, 6) is 1.32. The van der Waals surface area contributed by atoms with Gasteiger partial charge in [0.1, 0.15) is 11.5 Å². The number of hydrogen-bond donors (Lipinski definition) is 1. The maximum Gasteiger partial charge on any atom is 0.168 e. The second-order valence-electron chi connectivity index (χ2n) is 3.79. The molecule has 4 heteroatoms. The molecule has 2 rings (SSSR count). The van der Waals surface area contributed by atoms with Gasteiger partial charge in [-0.15, -0.1) is 0 Å². The highest BCUT2D eigenvalue weighted by Crippen LogP contribution is 2.29. The summed E-state index contributed by atoms with van der Waals surface area (Å²) in [4.78, 5) is 0. The van der Waals surface area contributed by atoms with Crippen molar-refractivity contribution >= 4 is 11.6 Å². The molecule has 0 fully saturated rings. The fourth-order valence-corrected chi connectivity index (χ4v) is 1.71. The topological polar surface area (TPSA) is 48.4 Å². The standard InChI is InChI=1S/C13H14ClNO2/c1-9-4-5-10(14)12(7-9)17-13(8-15)11-3-2-6-16-11/h2-7,13H,8,15H2,1H3. The zero-order valence-corrected chi connectivity index (χ0v) is 10.3. The fraction of sp³-hybridized carbons (Fsp3) is 0.231. The summed E-state index contributed by atoms with van der Waals surface area (Å²) in [5, 5.41) is 0.570. The number of aryl methyl sites for hydroxylation is 1. The largest absolute Gasteiger partial charge is 0.480 e. The van der Waals surface area contributed by atoms with Crippen LogP contribution < -0.4 is 10.5 Å². The number of rotatable bonds is 4. The first-order chi connectivity index (χ1) is 8.20. The van der Waals surface area contributed by atoms with E-state index in [1.807, 2.05) is 31.2 Å². The van der Waals surface area contributed by atoms with E-state index in [1.165, 1.54) is 0 Å². The number of halogens is 1. The summed E-state index contributed by atoms with van der Waals surface area (Å²) >= 11 is 6.06. The predicted octanol–water partition coefficient (Wildman–Crippen LogP) is 3.32. The summed E-state index contributed by atoms with van der Waals surface area (Å²) in [7, 11) is 0. The lowest BCUT2D eigenvalue weighted by Crippen LogP contribution is -2.18. The van der Waals surface area contributed by atoms with Gasteiger partial charge in [0.05, 0.1) is 11.3 Å². The highest BCUT2D eigenvalue weighted by atomic mass is 35.5. The molecule has 1 unspecified atom stereocenters. The number of ether oxygens (including phenoxy) is 1. The molecule has 1 aromatic heterocycles. The number of hydrogen-bond acceptors (Lipinski definition) is 3. The van der Waals surface area contributed by atoms with Crippen LogP contribution in [0.2, 0.25) is 5.02 Å². The van der Waals surface area contributed by atoms with Crippen molar-refractivity contribution in [2.45, 2.75) is 13.0 Å². The Labute approximate surface area is 105 Å². The van der Waals surface area contributed by atoms with Crippen LogP contribution in [0.4, 0.5) is 0 Å². The third-order valence-electron chi connectivity index (χ3n) is 2.43. The second-order valence-corrected chi connectivity index (χ2v) is 4.20. The number of nitrogens with two attached hydrogens (primary N) is 1. The minimum absolute atomic E-state index is 0.315. The van der Waals surface area contributed by atoms with Gasteiger partial charge in [0.25, 0.3) is 0 Å². The lowest BCUT2D eigenvalue weighted by Gasteiger charge is -2.16. The van der Waals surface area contributed by atoms with Crippen molar-refractivity contribution in [3.05, 3.63) is 52.9 Å². The zero-order valence-electron chi connectivity index (χ0n) is 9.52. The summed E-state index contributed by atoms with van der Waals surface area (Å²) in [6.45, 7) is 2.31. The van der Waals surface area contributed by atoms with E-state index >= 15 is 0 Å². The van der Waals surface area contributed by atoms with Crippen molar-refractivity contribution in [2.24, 2.45) is 5.73 Å². The SMILES string of the molecule is Cc1ccc(Cl)c(OC(CN)c2ccco2)c1. The van der Waals surface area contributed by atoms with Gasteiger partial charge in [-0.2, -0.15) is 0 Å². The summed E-state index contributed by atoms with van der Waals surface area (Å²) in [6, 6.07) is 9.26. The van der Waals surface area contributed by atoms with Gasteiger partial charge in [0, 0.05) is 6.54 Å². The van der Waals surface area contributed by atoms with Gasteiger partial charge in [-0.05, 0) is 36.8 Å². The van der Waals surface area contributed by atoms with Gasteiger partial charge in [0.15, 0.2) is 6.10 Å². The van der Waals surface area contributed by atoms with Crippen LogP contribution in [0.15, 0.2) is 41.0 Å². The molecule has 2 N–H and O–H groups in total. The molecule has 0 aliphatic heterocycles. The highest BCUT2D eigenvalue weighted by Gasteiger charge is 2.15. The molecule has 0 spiro atoms. The lowest BCUT2D eigenvalue weighted by molar-refractivity contribution is 0.184. The molecule has 0 saturated carbocycles. The molecule has 0 saturated heterocycles. The lowest BCUT2D eigenvalue weighted by atomic mass is 10.2. The molecule has 3 nitrogen and oxygen atoms in total. The molecule has 0 aliphatic rings. The molecule has 1 atom stereocenters. The Morgan fingerprint density at radius 1 is 1.41 bits per heavy atom. The van der Waals surface area contributed by atoms with Crippen molar-refractivity contribution in [3.8, 4) is 5.75 Å². The Hall–Kier alpha value is -1.45. The molecule has 0 amide bonds. The molecule has 1 heterocycles. The molecule has 90 valence electrons. The van der Waals surface area contributed by atoms with Crippen molar-refractivity contribution in [1.82, 2.24) is 0 Å². The van der Waals surface area contributed by atoms with E-state index in [-0.39, 0.29) is 6.10 Å². The van der Waals surface area contributed by atoms with Gasteiger partial charge in [0.2, 0.25) is 0 Å². The van der Waals surface area contributed by atoms with Crippen LogP contribution in [0.3, 0.4) is 0 Å². The molecule has 2 aromatic rings. The molecule has 1 aromatic carbocycles. The van der Waals surface area contributed by atoms with Gasteiger partial charge >= 0.3 is 0 Å². The first-order valence-electron chi connectivity index (χ1n) is 5.37. The third kappa shape index (κ3) is 2.81. The van der Waals surface area contributed by atoms with Crippen LogP contribution in [0, 0.1) is 6.92 Å². The molecule has 0 aliphatic carbocycles. The van der Waals surface area contributed by atoms with E-state index < -0.39 is 0 Å². The first-order valence-corrected chi connectivity index (χ1v) is 5.75. The zero-order chi connectivity index (χ0) is 12.3. The molecule has 0 radical (unpaired) electrons. The van der Waals surface area contributed by atoms with Crippen LogP contribution in [0.5, 0.6) is 5.75 Å². The minimum atomic E-state index is -0.315. The molecule has 0 bridgehead atoms. The molecular weight excluding hydrogens is 238 g/mol. The fourth-order valence-electron chi connectivity index (χ4n) is 1.55. The van der Waals surface area contributed by atoms with Crippen molar-refractivity contribution in [2.75, 3.05) is 6.54 Å². The highest BCUT2D eigenvalue weighted by molar-refractivity contribution is 6.32. The minimum Gasteiger partial charge on any atom is -0.480 e. The van der Waals surface area contributed by atoms with E-state index in [4.69, 9.17) is 26.5 Å². The van der Waals surface area contributed by atoms with Crippen LogP contribution in [0.1, 0.15) is 17.4 Å². The van der Waals surface area contributed by atoms with E-state index in [0.29, 0.717) is 23.1 Å². The van der Waals surface area contributed by atoms with Crippen LogP contribution >= 0.6 is 11.6 Å². The summed E-state index contributed by atoms with van der Waals surface area (Å²) < 4.78 is 11.0. The normalized spacial score (nSPS) is 12.4. The Morgan fingerprint density at radius 3 is 2.88 bits per heavy atom. The quantitative estimate of drug-likeness (QED) is 0.907. The van der Waals surface area contributed by atoms with Gasteiger partial charge in [-0.1, -0.05) is 17.7 Å². The maximum atomic E-state index is 6.06. The Bertz CT molecular complexity index is 482. The van der Waals surface area contributed by atoms with Gasteiger partial charge in [-0.25, -0.2) is 0 Å². The van der Waals surface area contributed by atoms with Gasteiger partial charge in [-0.3, -0.25) is 0 Å². The molecule has 17 heavy (non-hydrogen) atoms. The Balaban J connectivity index is 2.21. The molecular formula is C13H14ClNO2. The van der Waals surface area contributed by atoms with E-state index in [2.05, 4.69) is 0 Å². The Morgan fingerprint density at radius 2 is 2.24 bits per heavy atom.